The lowest BCUT2D eigenvalue weighted by atomic mass is 9.94. The summed E-state index contributed by atoms with van der Waals surface area (Å²) in [5.41, 5.74) is 11.6. The predicted octanol–water partition coefficient (Wildman–Crippen LogP) is 3.70. The monoisotopic (exact) mass is 559 g/mol. The number of ether oxygens (including phenoxy) is 1. The Bertz CT molecular complexity index is 1750. The molecule has 0 bridgehead atoms. The highest BCUT2D eigenvalue weighted by Crippen LogP contribution is 2.37. The summed E-state index contributed by atoms with van der Waals surface area (Å²) in [6.07, 6.45) is 5.20. The summed E-state index contributed by atoms with van der Waals surface area (Å²) in [6, 6.07) is 16.3. The molecule has 0 unspecified atom stereocenters. The average Bonchev–Trinajstić information content (AvgIpc) is 3.38. The number of rotatable bonds is 8. The van der Waals surface area contributed by atoms with Crippen LogP contribution >= 0.6 is 0 Å². The number of aromatic amines is 1. The van der Waals surface area contributed by atoms with Gasteiger partial charge in [0.25, 0.3) is 11.8 Å². The number of nitrogens with one attached hydrogen (secondary N) is 2. The number of anilines is 1. The third kappa shape index (κ3) is 5.61. The lowest BCUT2D eigenvalue weighted by Crippen LogP contribution is -2.33. The quantitative estimate of drug-likeness (QED) is 0.300. The number of carbonyl (C=O) groups is 2. The van der Waals surface area contributed by atoms with Gasteiger partial charge in [0.1, 0.15) is 0 Å². The van der Waals surface area contributed by atoms with E-state index in [1.807, 2.05) is 43.3 Å². The fourth-order valence-electron chi connectivity index (χ4n) is 4.85. The van der Waals surface area contributed by atoms with E-state index in [9.17, 15) is 18.0 Å². The van der Waals surface area contributed by atoms with E-state index >= 15 is 0 Å². The normalized spacial score (nSPS) is 14.1. The average molecular weight is 560 g/mol. The number of amides is 2. The second kappa shape index (κ2) is 10.9. The molecule has 11 heteroatoms. The molecule has 0 radical (unpaired) electrons. The summed E-state index contributed by atoms with van der Waals surface area (Å²) in [6.45, 7) is 2.38. The van der Waals surface area contributed by atoms with Crippen LogP contribution in [0.3, 0.4) is 0 Å². The summed E-state index contributed by atoms with van der Waals surface area (Å²) in [7, 11) is -3.28. The molecule has 4 N–H and O–H groups in total. The van der Waals surface area contributed by atoms with Gasteiger partial charge in [-0.1, -0.05) is 30.3 Å². The molecule has 0 atom stereocenters. The molecule has 0 spiro atoms. The van der Waals surface area contributed by atoms with Crippen LogP contribution in [-0.2, 0) is 14.8 Å². The maximum absolute atomic E-state index is 12.6. The van der Waals surface area contributed by atoms with E-state index in [0.717, 1.165) is 33.3 Å². The van der Waals surface area contributed by atoms with Crippen molar-refractivity contribution < 1.29 is 22.7 Å². The molecule has 0 saturated carbocycles. The number of hydrogen-bond acceptors (Lipinski definition) is 6. The number of H-pyrrole nitrogens is 1. The van der Waals surface area contributed by atoms with Crippen LogP contribution in [-0.4, -0.2) is 60.5 Å². The van der Waals surface area contributed by atoms with Gasteiger partial charge in [0.2, 0.25) is 15.9 Å². The Hall–Kier alpha value is -4.48. The first-order valence-electron chi connectivity index (χ1n) is 12.7. The molecule has 206 valence electrons. The van der Waals surface area contributed by atoms with Crippen LogP contribution in [0.25, 0.3) is 27.6 Å². The molecule has 2 aromatic carbocycles. The number of aromatic nitrogens is 2. The van der Waals surface area contributed by atoms with E-state index in [2.05, 4.69) is 15.3 Å². The minimum atomic E-state index is -3.28. The number of nitrogens with two attached hydrogens (primary N) is 1. The number of sulfonamides is 1. The fourth-order valence-corrected chi connectivity index (χ4v) is 5.62. The van der Waals surface area contributed by atoms with Crippen molar-refractivity contribution in [1.82, 2.24) is 14.3 Å². The first-order chi connectivity index (χ1) is 19.1. The van der Waals surface area contributed by atoms with Crippen LogP contribution < -0.4 is 15.8 Å². The number of nitrogens with zero attached hydrogens (tertiary/aromatic N) is 2. The van der Waals surface area contributed by atoms with Crippen LogP contribution in [0.5, 0.6) is 5.88 Å². The number of carbonyl (C=O) groups excluding carboxylic acids is 2. The van der Waals surface area contributed by atoms with E-state index in [0.29, 0.717) is 35.6 Å². The van der Waals surface area contributed by atoms with Crippen molar-refractivity contribution in [2.45, 2.75) is 13.3 Å². The van der Waals surface area contributed by atoms with Gasteiger partial charge in [-0.3, -0.25) is 9.59 Å². The Kier molecular flexibility index (Phi) is 7.42. The molecule has 40 heavy (non-hydrogen) atoms. The van der Waals surface area contributed by atoms with Gasteiger partial charge in [-0.25, -0.2) is 13.4 Å². The van der Waals surface area contributed by atoms with E-state index in [1.54, 1.807) is 30.5 Å². The maximum Gasteiger partial charge on any atom is 0.262 e. The van der Waals surface area contributed by atoms with E-state index in [1.165, 1.54) is 10.6 Å². The van der Waals surface area contributed by atoms with Crippen LogP contribution in [0.15, 0.2) is 66.9 Å². The molecular formula is C29H29N5O5S. The number of pyridine rings is 1. The molecule has 4 aromatic rings. The third-order valence-electron chi connectivity index (χ3n) is 6.93. The van der Waals surface area contributed by atoms with Crippen molar-refractivity contribution >= 4 is 44.0 Å². The molecule has 3 heterocycles. The van der Waals surface area contributed by atoms with Gasteiger partial charge in [0, 0.05) is 42.1 Å². The maximum atomic E-state index is 12.6. The first kappa shape index (κ1) is 27.1. The van der Waals surface area contributed by atoms with Crippen LogP contribution in [0, 0.1) is 6.92 Å². The molecule has 10 nitrogen and oxygen atoms in total. The molecular weight excluding hydrogens is 530 g/mol. The highest BCUT2D eigenvalue weighted by Gasteiger charge is 2.23. The number of primary amides is 1. The number of fused-ring (bicyclic) bond motifs is 1. The predicted molar refractivity (Wildman–Crippen MR) is 154 cm³/mol. The Morgan fingerprint density at radius 2 is 1.95 bits per heavy atom. The molecule has 1 aliphatic heterocycles. The summed E-state index contributed by atoms with van der Waals surface area (Å²) >= 11 is 0. The summed E-state index contributed by atoms with van der Waals surface area (Å²) in [5, 5.41) is 3.70. The second-order valence-electron chi connectivity index (χ2n) is 9.58. The fraction of sp³-hybridized carbons (Fsp3) is 0.207. The minimum Gasteiger partial charge on any atom is -0.468 e. The van der Waals surface area contributed by atoms with Gasteiger partial charge in [-0.2, -0.15) is 4.31 Å². The summed E-state index contributed by atoms with van der Waals surface area (Å²) < 4.78 is 30.7. The number of hydrogen-bond donors (Lipinski definition) is 3. The minimum absolute atomic E-state index is 0.189. The van der Waals surface area contributed by atoms with Crippen LogP contribution in [0.1, 0.15) is 28.0 Å². The first-order valence-corrected chi connectivity index (χ1v) is 14.5. The van der Waals surface area contributed by atoms with Gasteiger partial charge in [0.15, 0.2) is 6.61 Å². The second-order valence-corrected chi connectivity index (χ2v) is 11.6. The van der Waals surface area contributed by atoms with Crippen molar-refractivity contribution in [3.63, 3.8) is 0 Å². The molecule has 1 aliphatic rings. The zero-order valence-electron chi connectivity index (χ0n) is 22.1. The largest absolute Gasteiger partial charge is 0.468 e. The lowest BCUT2D eigenvalue weighted by Gasteiger charge is -2.23. The zero-order valence-corrected chi connectivity index (χ0v) is 22.9. The highest BCUT2D eigenvalue weighted by atomic mass is 32.2. The van der Waals surface area contributed by atoms with Gasteiger partial charge >= 0.3 is 0 Å². The van der Waals surface area contributed by atoms with Gasteiger partial charge in [-0.05, 0) is 59.9 Å². The zero-order chi connectivity index (χ0) is 28.4. The lowest BCUT2D eigenvalue weighted by molar-refractivity contribution is -0.118. The standard InChI is InChI=1S/C29H29N5O5S/c1-18-20(6-5-7-24(18)32-26(35)17-39-27-8-3-4-13-31-27)21-9-10-22(29(30)36)28-23(21)16-25(33-28)19-11-14-34(15-12-19)40(2,37)38/h3-11,13,16,33H,12,14-15,17H2,1-2H3,(H2,30,36)(H,32,35). The van der Waals surface area contributed by atoms with Crippen molar-refractivity contribution in [1.29, 1.82) is 0 Å². The topological polar surface area (TPSA) is 147 Å². The van der Waals surface area contributed by atoms with E-state index in [-0.39, 0.29) is 19.1 Å². The molecule has 0 saturated heterocycles. The molecule has 0 fully saturated rings. The summed E-state index contributed by atoms with van der Waals surface area (Å²) in [4.78, 5) is 32.3. The van der Waals surface area contributed by atoms with Gasteiger partial charge < -0.3 is 20.8 Å². The number of benzene rings is 2. The Balaban J connectivity index is 1.47. The molecule has 5 rings (SSSR count). The van der Waals surface area contributed by atoms with E-state index in [4.69, 9.17) is 10.5 Å². The van der Waals surface area contributed by atoms with Crippen molar-refractivity contribution in [2.75, 3.05) is 31.3 Å². The molecule has 2 amide bonds. The summed E-state index contributed by atoms with van der Waals surface area (Å²) in [5.74, 6) is -0.520. The third-order valence-corrected chi connectivity index (χ3v) is 8.20. The van der Waals surface area contributed by atoms with Crippen molar-refractivity contribution in [3.8, 4) is 17.0 Å². The van der Waals surface area contributed by atoms with Gasteiger partial charge in [0.05, 0.1) is 17.3 Å². The SMILES string of the molecule is Cc1c(NC(=O)COc2ccccn2)cccc1-c1ccc(C(N)=O)c2[nH]c(C3=CCN(S(C)(=O)=O)CC3)cc12. The highest BCUT2D eigenvalue weighted by molar-refractivity contribution is 7.88. The van der Waals surface area contributed by atoms with Gasteiger partial charge in [-0.15, -0.1) is 0 Å². The van der Waals surface area contributed by atoms with Crippen molar-refractivity contribution in [2.24, 2.45) is 5.73 Å². The Morgan fingerprint density at radius 1 is 1.12 bits per heavy atom. The Labute approximate surface area is 231 Å². The van der Waals surface area contributed by atoms with Crippen molar-refractivity contribution in [3.05, 3.63) is 83.7 Å². The molecule has 0 aliphatic carbocycles. The van der Waals surface area contributed by atoms with Crippen LogP contribution in [0.2, 0.25) is 0 Å². The Morgan fingerprint density at radius 3 is 2.62 bits per heavy atom. The van der Waals surface area contributed by atoms with E-state index < -0.39 is 15.9 Å². The smallest absolute Gasteiger partial charge is 0.262 e. The molecule has 2 aromatic heterocycles. The van der Waals surface area contributed by atoms with Crippen LogP contribution in [0.4, 0.5) is 5.69 Å².